The van der Waals surface area contributed by atoms with E-state index in [1.54, 1.807) is 19.2 Å². The van der Waals surface area contributed by atoms with Crippen molar-refractivity contribution in [3.8, 4) is 5.75 Å². The van der Waals surface area contributed by atoms with Gasteiger partial charge in [0.05, 0.1) is 25.5 Å². The number of anilines is 2. The second-order valence-electron chi connectivity index (χ2n) is 5.16. The Hall–Kier alpha value is -3.24. The van der Waals surface area contributed by atoms with Crippen LogP contribution in [0.1, 0.15) is 0 Å². The van der Waals surface area contributed by atoms with Gasteiger partial charge in [0, 0.05) is 13.2 Å². The number of aromatic hydroxyl groups is 1. The van der Waals surface area contributed by atoms with Crippen molar-refractivity contribution in [3.05, 3.63) is 36.4 Å². The Morgan fingerprint density at radius 3 is 2.67 bits per heavy atom. The van der Waals surface area contributed by atoms with E-state index in [9.17, 15) is 9.90 Å². The van der Waals surface area contributed by atoms with Gasteiger partial charge in [0.2, 0.25) is 0 Å². The fourth-order valence-corrected chi connectivity index (χ4v) is 1.86. The van der Waals surface area contributed by atoms with Crippen molar-refractivity contribution < 1.29 is 24.1 Å². The molecule has 0 aliphatic carbocycles. The quantitative estimate of drug-likeness (QED) is 0.452. The van der Waals surface area contributed by atoms with E-state index in [0.717, 1.165) is 0 Å². The maximum Gasteiger partial charge on any atom is 0.412 e. The zero-order valence-corrected chi connectivity index (χ0v) is 14.8. The minimum Gasteiger partial charge on any atom is -0.504 e. The Balaban J connectivity index is 1.90. The van der Waals surface area contributed by atoms with E-state index in [2.05, 4.69) is 20.5 Å². The minimum atomic E-state index is -0.800. The van der Waals surface area contributed by atoms with Crippen LogP contribution in [0, 0.1) is 0 Å². The van der Waals surface area contributed by atoms with Crippen molar-refractivity contribution in [2.45, 2.75) is 0 Å². The Morgan fingerprint density at radius 2 is 1.93 bits per heavy atom. The second kappa shape index (κ2) is 10.7. The van der Waals surface area contributed by atoms with Crippen LogP contribution in [0.25, 0.3) is 0 Å². The summed E-state index contributed by atoms with van der Waals surface area (Å²) in [6.45, 7) is 1.11. The standard InChI is InChI=1S/C17H21N5O5/c1-25-7-8-26-9-10-27-17(24)20-16-14(23)11-13(15(18)19-16)22-21-12-5-3-2-4-6-12/h2-6,11,23H,7-10H2,1H3,(H3,18,19,20,24)/b22-21+. The number of hydrogen-bond donors (Lipinski definition) is 3. The SMILES string of the molecule is COCCOCCOC(=O)Nc1nc(N)c(/N=N/c2ccccc2)cc1O. The number of pyridine rings is 1. The number of benzene rings is 1. The number of azo groups is 1. The van der Waals surface area contributed by atoms with Crippen LogP contribution in [0.2, 0.25) is 0 Å². The molecule has 0 bridgehead atoms. The molecule has 0 saturated heterocycles. The van der Waals surface area contributed by atoms with Gasteiger partial charge in [-0.05, 0) is 12.1 Å². The molecular formula is C17H21N5O5. The van der Waals surface area contributed by atoms with Crippen molar-refractivity contribution in [2.24, 2.45) is 10.2 Å². The maximum atomic E-state index is 11.7. The van der Waals surface area contributed by atoms with Gasteiger partial charge < -0.3 is 25.1 Å². The highest BCUT2D eigenvalue weighted by atomic mass is 16.6. The summed E-state index contributed by atoms with van der Waals surface area (Å²) in [5.74, 6) is -0.471. The Labute approximate surface area is 156 Å². The van der Waals surface area contributed by atoms with E-state index in [1.807, 2.05) is 18.2 Å². The molecule has 2 aromatic rings. The summed E-state index contributed by atoms with van der Waals surface area (Å²) in [4.78, 5) is 15.6. The summed E-state index contributed by atoms with van der Waals surface area (Å²) in [5.41, 5.74) is 6.59. The number of methoxy groups -OCH3 is 1. The molecular weight excluding hydrogens is 354 g/mol. The fraction of sp³-hybridized carbons (Fsp3) is 0.294. The first-order valence-electron chi connectivity index (χ1n) is 8.07. The molecule has 10 nitrogen and oxygen atoms in total. The molecule has 0 fully saturated rings. The maximum absolute atomic E-state index is 11.7. The number of aromatic nitrogens is 1. The van der Waals surface area contributed by atoms with Gasteiger partial charge >= 0.3 is 6.09 Å². The van der Waals surface area contributed by atoms with Crippen molar-refractivity contribution >= 4 is 29.1 Å². The summed E-state index contributed by atoms with van der Waals surface area (Å²) in [5, 5.41) is 20.2. The largest absolute Gasteiger partial charge is 0.504 e. The Bertz CT molecular complexity index is 770. The molecule has 1 aromatic carbocycles. The molecule has 1 heterocycles. The summed E-state index contributed by atoms with van der Waals surface area (Å²) >= 11 is 0. The zero-order valence-electron chi connectivity index (χ0n) is 14.8. The van der Waals surface area contributed by atoms with Gasteiger partial charge in [0.15, 0.2) is 17.4 Å². The topological polar surface area (TPSA) is 141 Å². The third kappa shape index (κ3) is 6.88. The summed E-state index contributed by atoms with van der Waals surface area (Å²) < 4.78 is 14.9. The molecule has 0 saturated carbocycles. The van der Waals surface area contributed by atoms with Gasteiger partial charge in [-0.2, -0.15) is 5.11 Å². The lowest BCUT2D eigenvalue weighted by Gasteiger charge is -2.09. The second-order valence-corrected chi connectivity index (χ2v) is 5.16. The first-order chi connectivity index (χ1) is 13.1. The molecule has 0 radical (unpaired) electrons. The average molecular weight is 375 g/mol. The molecule has 2 rings (SSSR count). The van der Waals surface area contributed by atoms with E-state index in [0.29, 0.717) is 18.9 Å². The zero-order chi connectivity index (χ0) is 19.5. The molecule has 1 amide bonds. The molecule has 0 aliphatic heterocycles. The van der Waals surface area contributed by atoms with Crippen molar-refractivity contribution in [1.29, 1.82) is 0 Å². The summed E-state index contributed by atoms with van der Waals surface area (Å²) in [6, 6.07) is 10.3. The number of rotatable bonds is 9. The van der Waals surface area contributed by atoms with Crippen LogP contribution >= 0.6 is 0 Å². The number of nitrogen functional groups attached to an aromatic ring is 1. The van der Waals surface area contributed by atoms with Gasteiger partial charge in [-0.1, -0.05) is 18.2 Å². The highest BCUT2D eigenvalue weighted by molar-refractivity contribution is 5.86. The lowest BCUT2D eigenvalue weighted by molar-refractivity contribution is 0.0447. The number of amides is 1. The number of nitrogens with two attached hydrogens (primary N) is 1. The molecule has 10 heteroatoms. The molecule has 0 aliphatic rings. The lowest BCUT2D eigenvalue weighted by atomic mass is 10.3. The van der Waals surface area contributed by atoms with E-state index in [4.69, 9.17) is 19.9 Å². The van der Waals surface area contributed by atoms with Gasteiger partial charge in [-0.15, -0.1) is 5.11 Å². The first kappa shape index (κ1) is 20.1. The van der Waals surface area contributed by atoms with Crippen LogP contribution in [0.4, 0.5) is 27.8 Å². The highest BCUT2D eigenvalue weighted by Crippen LogP contribution is 2.32. The highest BCUT2D eigenvalue weighted by Gasteiger charge is 2.13. The molecule has 27 heavy (non-hydrogen) atoms. The smallest absolute Gasteiger partial charge is 0.412 e. The van der Waals surface area contributed by atoms with E-state index < -0.39 is 6.09 Å². The van der Waals surface area contributed by atoms with Crippen LogP contribution < -0.4 is 11.1 Å². The van der Waals surface area contributed by atoms with Crippen LogP contribution in [0.5, 0.6) is 5.75 Å². The predicted molar refractivity (Wildman–Crippen MR) is 98.6 cm³/mol. The van der Waals surface area contributed by atoms with Crippen LogP contribution in [-0.4, -0.2) is 49.7 Å². The molecule has 4 N–H and O–H groups in total. The number of hydrogen-bond acceptors (Lipinski definition) is 9. The van der Waals surface area contributed by atoms with E-state index in [1.165, 1.54) is 6.07 Å². The molecule has 0 spiro atoms. The summed E-state index contributed by atoms with van der Waals surface area (Å²) in [6.07, 6.45) is -0.800. The van der Waals surface area contributed by atoms with Gasteiger partial charge in [0.1, 0.15) is 12.3 Å². The van der Waals surface area contributed by atoms with E-state index in [-0.39, 0.29) is 36.3 Å². The van der Waals surface area contributed by atoms with Crippen molar-refractivity contribution in [3.63, 3.8) is 0 Å². The van der Waals surface area contributed by atoms with Crippen LogP contribution in [0.3, 0.4) is 0 Å². The average Bonchev–Trinajstić information content (AvgIpc) is 2.67. The molecule has 1 aromatic heterocycles. The monoisotopic (exact) mass is 375 g/mol. The third-order valence-electron chi connectivity index (χ3n) is 3.15. The van der Waals surface area contributed by atoms with Crippen LogP contribution in [0.15, 0.2) is 46.6 Å². The van der Waals surface area contributed by atoms with Crippen molar-refractivity contribution in [2.75, 3.05) is 44.6 Å². The molecule has 0 unspecified atom stereocenters. The van der Waals surface area contributed by atoms with Gasteiger partial charge in [-0.3, -0.25) is 5.32 Å². The first-order valence-corrected chi connectivity index (χ1v) is 8.07. The van der Waals surface area contributed by atoms with Crippen molar-refractivity contribution in [1.82, 2.24) is 4.98 Å². The number of ether oxygens (including phenoxy) is 3. The Morgan fingerprint density at radius 1 is 1.19 bits per heavy atom. The third-order valence-corrected chi connectivity index (χ3v) is 3.15. The minimum absolute atomic E-state index is 0.00863. The van der Waals surface area contributed by atoms with Crippen LogP contribution in [-0.2, 0) is 14.2 Å². The number of nitrogens with zero attached hydrogens (tertiary/aromatic N) is 3. The van der Waals surface area contributed by atoms with Gasteiger partial charge in [0.25, 0.3) is 0 Å². The number of carbonyl (C=O) groups excluding carboxylic acids is 1. The fourth-order valence-electron chi connectivity index (χ4n) is 1.86. The lowest BCUT2D eigenvalue weighted by Crippen LogP contribution is -2.18. The Kier molecular flexibility index (Phi) is 7.94. The molecule has 144 valence electrons. The summed E-state index contributed by atoms with van der Waals surface area (Å²) in [7, 11) is 1.56. The predicted octanol–water partition coefficient (Wildman–Crippen LogP) is 3.00. The normalized spacial score (nSPS) is 10.9. The number of nitrogens with one attached hydrogen (secondary N) is 1. The van der Waals surface area contributed by atoms with E-state index >= 15 is 0 Å². The molecule has 0 atom stereocenters. The van der Waals surface area contributed by atoms with Gasteiger partial charge in [-0.25, -0.2) is 9.78 Å². The number of carbonyl (C=O) groups is 1.